The quantitative estimate of drug-likeness (QED) is 0.190. The minimum absolute atomic E-state index is 0.774. The Labute approximate surface area is 240 Å². The molecule has 0 aliphatic rings. The zero-order chi connectivity index (χ0) is 28.4. The van der Waals surface area contributed by atoms with Crippen molar-refractivity contribution in [1.82, 2.24) is 35.5 Å². The smallest absolute Gasteiger partial charge is 0.159 e. The van der Waals surface area contributed by atoms with Crippen LogP contribution in [0.1, 0.15) is 47.0 Å². The summed E-state index contributed by atoms with van der Waals surface area (Å²) in [6.07, 6.45) is 10.6. The van der Waals surface area contributed by atoms with Gasteiger partial charge < -0.3 is 10.3 Å². The second-order valence-corrected chi connectivity index (χ2v) is 9.90. The molecule has 4 heterocycles. The number of imidazole rings is 1. The van der Waals surface area contributed by atoms with Crippen molar-refractivity contribution in [3.05, 3.63) is 137 Å². The first-order valence-corrected chi connectivity index (χ1v) is 13.9. The Bertz CT molecular complexity index is 1720. The van der Waals surface area contributed by atoms with Crippen LogP contribution in [0.4, 0.5) is 0 Å². The lowest BCUT2D eigenvalue weighted by atomic mass is 10.0. The molecular weight excluding hydrogens is 506 g/mol. The highest BCUT2D eigenvalue weighted by atomic mass is 15.1. The molecule has 4 aromatic heterocycles. The molecule has 0 unspecified atom stereocenters. The highest BCUT2D eigenvalue weighted by Crippen LogP contribution is 2.29. The average molecular weight is 542 g/mol. The topological polar surface area (TPSA) is 95.2 Å². The van der Waals surface area contributed by atoms with Crippen molar-refractivity contribution >= 4 is 16.5 Å². The van der Waals surface area contributed by atoms with Crippen molar-refractivity contribution in [2.24, 2.45) is 0 Å². The van der Waals surface area contributed by atoms with Gasteiger partial charge in [-0.2, -0.15) is 5.10 Å². The molecule has 0 atom stereocenters. The summed E-state index contributed by atoms with van der Waals surface area (Å²) in [7, 11) is 0. The summed E-state index contributed by atoms with van der Waals surface area (Å²) in [6.45, 7) is 7.99. The Morgan fingerprint density at radius 2 is 1.66 bits per heavy atom. The molecule has 7 nitrogen and oxygen atoms in total. The number of H-pyrrole nitrogens is 2. The van der Waals surface area contributed by atoms with Gasteiger partial charge in [-0.05, 0) is 49.1 Å². The minimum atomic E-state index is 0.774. The molecule has 0 aliphatic heterocycles. The lowest BCUT2D eigenvalue weighted by Crippen LogP contribution is -2.12. The zero-order valence-electron chi connectivity index (χ0n) is 23.7. The predicted octanol–water partition coefficient (Wildman–Crippen LogP) is 7.18. The fourth-order valence-corrected chi connectivity index (χ4v) is 4.72. The van der Waals surface area contributed by atoms with Crippen molar-refractivity contribution in [3.63, 3.8) is 0 Å². The van der Waals surface area contributed by atoms with Gasteiger partial charge in [0.2, 0.25) is 0 Å². The molecule has 0 aliphatic carbocycles. The fourth-order valence-electron chi connectivity index (χ4n) is 4.72. The summed E-state index contributed by atoms with van der Waals surface area (Å²) in [5, 5.41) is 12.0. The molecule has 6 rings (SSSR count). The van der Waals surface area contributed by atoms with Crippen LogP contribution < -0.4 is 5.32 Å². The van der Waals surface area contributed by atoms with E-state index in [2.05, 4.69) is 92.9 Å². The van der Waals surface area contributed by atoms with E-state index >= 15 is 0 Å². The molecule has 3 N–H and O–H groups in total. The second kappa shape index (κ2) is 13.5. The first-order chi connectivity index (χ1) is 20.1. The van der Waals surface area contributed by atoms with E-state index in [1.165, 1.54) is 16.7 Å². The summed E-state index contributed by atoms with van der Waals surface area (Å²) in [4.78, 5) is 16.7. The number of fused-ring (bicyclic) bond motifs is 1. The number of allylic oxidation sites excluding steroid dienone is 1. The predicted molar refractivity (Wildman–Crippen MR) is 166 cm³/mol. The van der Waals surface area contributed by atoms with Gasteiger partial charge in [0.05, 0.1) is 11.2 Å². The summed E-state index contributed by atoms with van der Waals surface area (Å²) in [5.41, 5.74) is 9.71. The van der Waals surface area contributed by atoms with Gasteiger partial charge in [-0.25, -0.2) is 4.98 Å². The number of benzene rings is 2. The van der Waals surface area contributed by atoms with Crippen molar-refractivity contribution < 1.29 is 0 Å². The normalized spacial score (nSPS) is 11.3. The molecule has 6 aromatic rings. The number of aromatic amines is 2. The second-order valence-electron chi connectivity index (χ2n) is 9.90. The number of rotatable bonds is 8. The molecule has 41 heavy (non-hydrogen) atoms. The van der Waals surface area contributed by atoms with Crippen molar-refractivity contribution in [3.8, 4) is 11.5 Å². The van der Waals surface area contributed by atoms with Gasteiger partial charge >= 0.3 is 0 Å². The Morgan fingerprint density at radius 1 is 0.854 bits per heavy atom. The van der Waals surface area contributed by atoms with E-state index in [9.17, 15) is 0 Å². The number of hydrogen-bond donors (Lipinski definition) is 3. The van der Waals surface area contributed by atoms with Gasteiger partial charge in [0.25, 0.3) is 0 Å². The number of nitrogens with one attached hydrogen (secondary N) is 3. The third-order valence-corrected chi connectivity index (χ3v) is 6.65. The molecule has 7 heteroatoms. The van der Waals surface area contributed by atoms with Crippen molar-refractivity contribution in [1.29, 1.82) is 0 Å². The number of aromatic nitrogens is 6. The van der Waals surface area contributed by atoms with Crippen LogP contribution >= 0.6 is 0 Å². The van der Waals surface area contributed by atoms with Crippen LogP contribution in [0.25, 0.3) is 28.0 Å². The van der Waals surface area contributed by atoms with Crippen molar-refractivity contribution in [2.45, 2.75) is 40.3 Å². The highest BCUT2D eigenvalue weighted by molar-refractivity contribution is 5.91. The summed E-state index contributed by atoms with van der Waals surface area (Å²) < 4.78 is 0. The number of para-hydroxylation sites is 1. The van der Waals surface area contributed by atoms with Gasteiger partial charge in [-0.15, -0.1) is 0 Å². The van der Waals surface area contributed by atoms with Gasteiger partial charge in [0.1, 0.15) is 5.69 Å². The van der Waals surface area contributed by atoms with Gasteiger partial charge in [0.15, 0.2) is 5.82 Å². The largest absolute Gasteiger partial charge is 0.340 e. The SMILES string of the molecule is CC/C=C(/c1cccnc1)c1nc(-c2n[nH]c3ccccc23)[nH]c1C.Cc1cncc(CNCc2ccccc2)c1. The summed E-state index contributed by atoms with van der Waals surface area (Å²) in [6, 6.07) is 24.6. The summed E-state index contributed by atoms with van der Waals surface area (Å²) in [5.74, 6) is 0.774. The fraction of sp³-hybridized carbons (Fsp3) is 0.176. The number of hydrogen-bond acceptors (Lipinski definition) is 5. The Kier molecular flexibility index (Phi) is 9.08. The van der Waals surface area contributed by atoms with Crippen LogP contribution in [0.5, 0.6) is 0 Å². The lowest BCUT2D eigenvalue weighted by molar-refractivity contribution is 0.691. The lowest BCUT2D eigenvalue weighted by Gasteiger charge is -2.05. The summed E-state index contributed by atoms with van der Waals surface area (Å²) >= 11 is 0. The van der Waals surface area contributed by atoms with Crippen LogP contribution in [-0.2, 0) is 13.1 Å². The van der Waals surface area contributed by atoms with Crippen LogP contribution in [-0.4, -0.2) is 30.1 Å². The Morgan fingerprint density at radius 3 is 2.44 bits per heavy atom. The number of aryl methyl sites for hydroxylation is 2. The van der Waals surface area contributed by atoms with Gasteiger partial charge in [0, 0.05) is 60.1 Å². The van der Waals surface area contributed by atoms with E-state index in [-0.39, 0.29) is 0 Å². The maximum Gasteiger partial charge on any atom is 0.159 e. The van der Waals surface area contributed by atoms with Crippen LogP contribution in [0.15, 0.2) is 104 Å². The van der Waals surface area contributed by atoms with E-state index < -0.39 is 0 Å². The maximum absolute atomic E-state index is 4.86. The Balaban J connectivity index is 0.000000182. The van der Waals surface area contributed by atoms with E-state index in [0.29, 0.717) is 0 Å². The van der Waals surface area contributed by atoms with Crippen LogP contribution in [0.2, 0.25) is 0 Å². The third kappa shape index (κ3) is 7.01. The molecule has 0 bridgehead atoms. The minimum Gasteiger partial charge on any atom is -0.340 e. The molecule has 206 valence electrons. The van der Waals surface area contributed by atoms with Gasteiger partial charge in [-0.3, -0.25) is 15.1 Å². The first-order valence-electron chi connectivity index (χ1n) is 13.9. The maximum atomic E-state index is 4.86. The van der Waals surface area contributed by atoms with Crippen molar-refractivity contribution in [2.75, 3.05) is 0 Å². The molecule has 0 fully saturated rings. The van der Waals surface area contributed by atoms with E-state index in [1.807, 2.05) is 55.8 Å². The van der Waals surface area contributed by atoms with E-state index in [0.717, 1.165) is 64.5 Å². The monoisotopic (exact) mass is 541 g/mol. The van der Waals surface area contributed by atoms with Crippen LogP contribution in [0.3, 0.4) is 0 Å². The Hall–Kier alpha value is -4.88. The van der Waals surface area contributed by atoms with Crippen LogP contribution in [0, 0.1) is 13.8 Å². The number of nitrogens with zero attached hydrogens (tertiary/aromatic N) is 4. The third-order valence-electron chi connectivity index (χ3n) is 6.65. The standard InChI is InChI=1S/C20H19N5.C14H16N2/c1-3-7-15(14-8-6-11-21-12-14)18-13(2)22-20(23-18)19-16-9-4-5-10-17(16)24-25-19;1-12-7-14(10-15-8-12)11-16-9-13-5-3-2-4-6-13/h4-12H,3H2,1-2H3,(H,22,23)(H,24,25);2-8,10,16H,9,11H2,1H3/b15-7-;. The zero-order valence-corrected chi connectivity index (χ0v) is 23.7. The molecular formula is C34H35N7. The number of pyridine rings is 2. The first kappa shape index (κ1) is 27.7. The van der Waals surface area contributed by atoms with Gasteiger partial charge in [-0.1, -0.05) is 73.7 Å². The molecule has 0 saturated heterocycles. The molecule has 2 aromatic carbocycles. The molecule has 0 spiro atoms. The van der Waals surface area contributed by atoms with E-state index in [1.54, 1.807) is 6.20 Å². The highest BCUT2D eigenvalue weighted by Gasteiger charge is 2.17. The molecule has 0 amide bonds. The van der Waals surface area contributed by atoms with E-state index in [4.69, 9.17) is 4.98 Å². The molecule has 0 radical (unpaired) electrons. The molecule has 0 saturated carbocycles. The average Bonchev–Trinajstić information content (AvgIpc) is 3.61.